The SMILES string of the molecule is O=C(CCC(=O)c1ccc(Br)cc1)NCC1CCCCC1. The van der Waals surface area contributed by atoms with Crippen LogP contribution in [0.25, 0.3) is 0 Å². The molecule has 1 aliphatic rings. The van der Waals surface area contributed by atoms with Crippen molar-refractivity contribution in [2.75, 3.05) is 6.54 Å². The van der Waals surface area contributed by atoms with Gasteiger partial charge in [-0.15, -0.1) is 0 Å². The minimum atomic E-state index is -0.00830. The highest BCUT2D eigenvalue weighted by Crippen LogP contribution is 2.22. The number of benzene rings is 1. The van der Waals surface area contributed by atoms with E-state index in [-0.39, 0.29) is 24.5 Å². The number of rotatable bonds is 6. The zero-order valence-electron chi connectivity index (χ0n) is 12.2. The van der Waals surface area contributed by atoms with Gasteiger partial charge in [0.2, 0.25) is 5.91 Å². The topological polar surface area (TPSA) is 46.2 Å². The first-order chi connectivity index (χ1) is 10.1. The van der Waals surface area contributed by atoms with Gasteiger partial charge in [0.15, 0.2) is 5.78 Å². The van der Waals surface area contributed by atoms with Gasteiger partial charge in [-0.25, -0.2) is 0 Å². The zero-order valence-corrected chi connectivity index (χ0v) is 13.8. The fraction of sp³-hybridized carbons (Fsp3) is 0.529. The first-order valence-electron chi connectivity index (χ1n) is 7.70. The van der Waals surface area contributed by atoms with Crippen LogP contribution in [0.5, 0.6) is 0 Å². The molecule has 1 fully saturated rings. The second-order valence-electron chi connectivity index (χ2n) is 5.74. The third-order valence-electron chi connectivity index (χ3n) is 4.06. The van der Waals surface area contributed by atoms with Crippen molar-refractivity contribution in [3.63, 3.8) is 0 Å². The molecule has 0 unspecified atom stereocenters. The molecule has 1 amide bonds. The van der Waals surface area contributed by atoms with Crippen molar-refractivity contribution in [1.29, 1.82) is 0 Å². The summed E-state index contributed by atoms with van der Waals surface area (Å²) in [6.07, 6.45) is 6.88. The van der Waals surface area contributed by atoms with Crippen molar-refractivity contribution >= 4 is 27.6 Å². The van der Waals surface area contributed by atoms with Crippen molar-refractivity contribution in [3.05, 3.63) is 34.3 Å². The van der Waals surface area contributed by atoms with E-state index in [1.54, 1.807) is 12.1 Å². The minimum Gasteiger partial charge on any atom is -0.356 e. The highest BCUT2D eigenvalue weighted by molar-refractivity contribution is 9.10. The van der Waals surface area contributed by atoms with Gasteiger partial charge in [0.1, 0.15) is 0 Å². The van der Waals surface area contributed by atoms with Gasteiger partial charge in [0, 0.05) is 29.4 Å². The summed E-state index contributed by atoms with van der Waals surface area (Å²) in [5.41, 5.74) is 0.665. The Hall–Kier alpha value is -1.16. The molecule has 0 aromatic heterocycles. The van der Waals surface area contributed by atoms with E-state index in [1.807, 2.05) is 12.1 Å². The molecule has 0 bridgehead atoms. The molecule has 0 atom stereocenters. The van der Waals surface area contributed by atoms with E-state index in [0.717, 1.165) is 11.0 Å². The Labute approximate surface area is 134 Å². The summed E-state index contributed by atoms with van der Waals surface area (Å²) in [5, 5.41) is 2.97. The number of carbonyl (C=O) groups is 2. The Balaban J connectivity index is 1.68. The van der Waals surface area contributed by atoms with Crippen LogP contribution >= 0.6 is 15.9 Å². The van der Waals surface area contributed by atoms with Crippen LogP contribution in [-0.2, 0) is 4.79 Å². The van der Waals surface area contributed by atoms with E-state index in [4.69, 9.17) is 0 Å². The van der Waals surface area contributed by atoms with Gasteiger partial charge in [0.25, 0.3) is 0 Å². The molecule has 0 spiro atoms. The van der Waals surface area contributed by atoms with E-state index in [1.165, 1.54) is 32.1 Å². The van der Waals surface area contributed by atoms with Crippen LogP contribution in [-0.4, -0.2) is 18.2 Å². The molecule has 1 saturated carbocycles. The van der Waals surface area contributed by atoms with E-state index in [2.05, 4.69) is 21.2 Å². The zero-order chi connectivity index (χ0) is 15.1. The molecule has 4 heteroatoms. The lowest BCUT2D eigenvalue weighted by molar-refractivity contribution is -0.121. The number of halogens is 1. The smallest absolute Gasteiger partial charge is 0.220 e. The van der Waals surface area contributed by atoms with Crippen LogP contribution in [0.3, 0.4) is 0 Å². The third kappa shape index (κ3) is 5.62. The van der Waals surface area contributed by atoms with Gasteiger partial charge >= 0.3 is 0 Å². The van der Waals surface area contributed by atoms with Gasteiger partial charge in [0.05, 0.1) is 0 Å². The van der Waals surface area contributed by atoms with E-state index in [9.17, 15) is 9.59 Å². The second-order valence-corrected chi connectivity index (χ2v) is 6.65. The minimum absolute atomic E-state index is 0.00830. The highest BCUT2D eigenvalue weighted by atomic mass is 79.9. The molecule has 1 aliphatic carbocycles. The largest absolute Gasteiger partial charge is 0.356 e. The predicted molar refractivity (Wildman–Crippen MR) is 87.3 cm³/mol. The lowest BCUT2D eigenvalue weighted by Crippen LogP contribution is -2.30. The van der Waals surface area contributed by atoms with Gasteiger partial charge in [-0.1, -0.05) is 47.3 Å². The lowest BCUT2D eigenvalue weighted by Gasteiger charge is -2.21. The molecule has 21 heavy (non-hydrogen) atoms. The van der Waals surface area contributed by atoms with Crippen LogP contribution in [0.1, 0.15) is 55.3 Å². The number of nitrogens with one attached hydrogen (secondary N) is 1. The summed E-state index contributed by atoms with van der Waals surface area (Å²) in [5.74, 6) is 0.645. The first-order valence-corrected chi connectivity index (χ1v) is 8.50. The number of amides is 1. The maximum absolute atomic E-state index is 12.0. The van der Waals surface area contributed by atoms with Crippen LogP contribution in [0.4, 0.5) is 0 Å². The predicted octanol–water partition coefficient (Wildman–Crippen LogP) is 4.11. The summed E-state index contributed by atoms with van der Waals surface area (Å²) in [7, 11) is 0. The fourth-order valence-electron chi connectivity index (χ4n) is 2.75. The molecule has 0 aliphatic heterocycles. The van der Waals surface area contributed by atoms with Gasteiger partial charge in [-0.05, 0) is 30.9 Å². The molecule has 0 heterocycles. The molecule has 2 rings (SSSR count). The fourth-order valence-corrected chi connectivity index (χ4v) is 3.01. The summed E-state index contributed by atoms with van der Waals surface area (Å²) < 4.78 is 0.948. The average molecular weight is 352 g/mol. The molecule has 3 nitrogen and oxygen atoms in total. The standard InChI is InChI=1S/C17H22BrNO2/c18-15-8-6-14(7-9-15)16(20)10-11-17(21)19-12-13-4-2-1-3-5-13/h6-9,13H,1-5,10-12H2,(H,19,21). The first kappa shape index (κ1) is 16.2. The normalized spacial score (nSPS) is 15.7. The molecular weight excluding hydrogens is 330 g/mol. The number of hydrogen-bond donors (Lipinski definition) is 1. The molecule has 0 saturated heterocycles. The quantitative estimate of drug-likeness (QED) is 0.784. The highest BCUT2D eigenvalue weighted by Gasteiger charge is 2.15. The lowest BCUT2D eigenvalue weighted by atomic mass is 9.89. The maximum atomic E-state index is 12.0. The Bertz CT molecular complexity index is 478. The Kier molecular flexibility index (Phi) is 6.43. The molecule has 1 aromatic carbocycles. The van der Waals surface area contributed by atoms with E-state index >= 15 is 0 Å². The van der Waals surface area contributed by atoms with E-state index < -0.39 is 0 Å². The number of Topliss-reactive ketones (excluding diaryl/α,β-unsaturated/α-hetero) is 1. The average Bonchev–Trinajstić information content (AvgIpc) is 2.52. The Morgan fingerprint density at radius 2 is 1.71 bits per heavy atom. The van der Waals surface area contributed by atoms with Crippen LogP contribution in [0.15, 0.2) is 28.7 Å². The van der Waals surface area contributed by atoms with Crippen LogP contribution < -0.4 is 5.32 Å². The summed E-state index contributed by atoms with van der Waals surface area (Å²) in [6.45, 7) is 0.769. The Morgan fingerprint density at radius 3 is 2.38 bits per heavy atom. The van der Waals surface area contributed by atoms with Gasteiger partial charge in [-0.2, -0.15) is 0 Å². The molecule has 1 aromatic rings. The van der Waals surface area contributed by atoms with Crippen molar-refractivity contribution in [1.82, 2.24) is 5.32 Å². The third-order valence-corrected chi connectivity index (χ3v) is 4.59. The molecular formula is C17H22BrNO2. The molecule has 0 radical (unpaired) electrons. The number of carbonyl (C=O) groups excluding carboxylic acids is 2. The molecule has 1 N–H and O–H groups in total. The monoisotopic (exact) mass is 351 g/mol. The van der Waals surface area contributed by atoms with Gasteiger partial charge < -0.3 is 5.32 Å². The van der Waals surface area contributed by atoms with Crippen molar-refractivity contribution in [2.45, 2.75) is 44.9 Å². The van der Waals surface area contributed by atoms with Crippen molar-refractivity contribution < 1.29 is 9.59 Å². The van der Waals surface area contributed by atoms with Crippen LogP contribution in [0, 0.1) is 5.92 Å². The number of ketones is 1. The maximum Gasteiger partial charge on any atom is 0.220 e. The van der Waals surface area contributed by atoms with Crippen LogP contribution in [0.2, 0.25) is 0 Å². The van der Waals surface area contributed by atoms with E-state index in [0.29, 0.717) is 11.5 Å². The Morgan fingerprint density at radius 1 is 1.05 bits per heavy atom. The van der Waals surface area contributed by atoms with Gasteiger partial charge in [-0.3, -0.25) is 9.59 Å². The second kappa shape index (κ2) is 8.32. The summed E-state index contributed by atoms with van der Waals surface area (Å²) in [4.78, 5) is 23.8. The number of hydrogen-bond acceptors (Lipinski definition) is 2. The van der Waals surface area contributed by atoms with Crippen molar-refractivity contribution in [3.8, 4) is 0 Å². The summed E-state index contributed by atoms with van der Waals surface area (Å²) in [6, 6.07) is 7.26. The molecule has 114 valence electrons. The van der Waals surface area contributed by atoms with Crippen molar-refractivity contribution in [2.24, 2.45) is 5.92 Å². The summed E-state index contributed by atoms with van der Waals surface area (Å²) >= 11 is 3.34.